The average Bonchev–Trinajstić information content (AvgIpc) is 2.14. The van der Waals surface area contributed by atoms with E-state index in [0.29, 0.717) is 0 Å². The molecule has 1 aliphatic carbocycles. The minimum absolute atomic E-state index is 0.0859. The maximum atomic E-state index is 11.9. The zero-order valence-corrected chi connectivity index (χ0v) is 11.3. The number of ether oxygens (including phenoxy) is 1. The van der Waals surface area contributed by atoms with Crippen LogP contribution in [0.5, 0.6) is 0 Å². The minimum Gasteiger partial charge on any atom is -0.418 e. The summed E-state index contributed by atoms with van der Waals surface area (Å²) in [6.07, 6.45) is 3.46. The Labute approximate surface area is 103 Å². The van der Waals surface area contributed by atoms with Crippen LogP contribution in [-0.2, 0) is 4.74 Å². The smallest absolute Gasteiger partial charge is 0.409 e. The van der Waals surface area contributed by atoms with Crippen LogP contribution in [0.15, 0.2) is 0 Å². The molecule has 1 saturated carbocycles. The first-order valence-corrected chi connectivity index (χ1v) is 6.29. The molecule has 2 atom stereocenters. The lowest BCUT2D eigenvalue weighted by atomic mass is 9.62. The average molecular weight is 245 g/mol. The maximum absolute atomic E-state index is 11.9. The Kier molecular flexibility index (Phi) is 4.39. The first kappa shape index (κ1) is 14.3. The maximum Gasteiger partial charge on any atom is 0.409 e. The minimum atomic E-state index is -1.06. The third-order valence-corrected chi connectivity index (χ3v) is 3.80. The molecule has 17 heavy (non-hydrogen) atoms. The summed E-state index contributed by atoms with van der Waals surface area (Å²) in [4.78, 5) is 11.2. The SMILES string of the molecule is CCC1(C)CC(NC(=O)OCF)CC(C)(C)C1. The van der Waals surface area contributed by atoms with Crippen LogP contribution in [0.3, 0.4) is 0 Å². The summed E-state index contributed by atoms with van der Waals surface area (Å²) in [5.74, 6) is 0. The molecule has 1 rings (SSSR count). The number of alkyl halides is 1. The number of hydrogen-bond acceptors (Lipinski definition) is 2. The number of amides is 1. The van der Waals surface area contributed by atoms with Crippen LogP contribution in [0.4, 0.5) is 9.18 Å². The number of hydrogen-bond donors (Lipinski definition) is 1. The predicted octanol–water partition coefficient (Wildman–Crippen LogP) is 3.63. The van der Waals surface area contributed by atoms with E-state index in [-0.39, 0.29) is 16.9 Å². The van der Waals surface area contributed by atoms with Crippen LogP contribution in [0.1, 0.15) is 53.4 Å². The molecule has 1 amide bonds. The van der Waals surface area contributed by atoms with E-state index in [1.807, 2.05) is 0 Å². The normalized spacial score (nSPS) is 31.9. The van der Waals surface area contributed by atoms with Gasteiger partial charge in [-0.25, -0.2) is 9.18 Å². The van der Waals surface area contributed by atoms with Gasteiger partial charge in [0, 0.05) is 6.04 Å². The van der Waals surface area contributed by atoms with Crippen molar-refractivity contribution in [3.8, 4) is 0 Å². The van der Waals surface area contributed by atoms with Gasteiger partial charge in [0.25, 0.3) is 0 Å². The van der Waals surface area contributed by atoms with Crippen molar-refractivity contribution in [2.75, 3.05) is 6.86 Å². The van der Waals surface area contributed by atoms with E-state index >= 15 is 0 Å². The number of nitrogens with one attached hydrogen (secondary N) is 1. The van der Waals surface area contributed by atoms with Crippen molar-refractivity contribution >= 4 is 6.09 Å². The molecule has 0 aromatic heterocycles. The Hall–Kier alpha value is -0.800. The standard InChI is InChI=1S/C13H24FNO2/c1-5-13(4)7-10(6-12(2,3)8-13)15-11(16)17-9-14/h10H,5-9H2,1-4H3,(H,15,16). The van der Waals surface area contributed by atoms with Crippen LogP contribution < -0.4 is 5.32 Å². The quantitative estimate of drug-likeness (QED) is 0.824. The zero-order chi connectivity index (χ0) is 13.1. The summed E-state index contributed by atoms with van der Waals surface area (Å²) in [5.41, 5.74) is 0.450. The molecule has 2 unspecified atom stereocenters. The molecule has 0 spiro atoms. The number of alkyl carbamates (subject to hydrolysis) is 1. The Balaban J connectivity index is 2.64. The van der Waals surface area contributed by atoms with Gasteiger partial charge in [0.1, 0.15) is 0 Å². The Morgan fingerprint density at radius 1 is 1.41 bits per heavy atom. The van der Waals surface area contributed by atoms with Gasteiger partial charge in [-0.05, 0) is 30.1 Å². The van der Waals surface area contributed by atoms with Crippen LogP contribution >= 0.6 is 0 Å². The fraction of sp³-hybridized carbons (Fsp3) is 0.923. The van der Waals surface area contributed by atoms with Crippen LogP contribution in [0, 0.1) is 10.8 Å². The Morgan fingerprint density at radius 2 is 2.06 bits per heavy atom. The van der Waals surface area contributed by atoms with E-state index in [0.717, 1.165) is 25.7 Å². The molecule has 0 saturated heterocycles. The topological polar surface area (TPSA) is 38.3 Å². The van der Waals surface area contributed by atoms with Crippen LogP contribution in [-0.4, -0.2) is 19.0 Å². The fourth-order valence-corrected chi connectivity index (χ4v) is 3.26. The molecule has 1 N–H and O–H groups in total. The van der Waals surface area contributed by atoms with E-state index in [1.165, 1.54) is 0 Å². The lowest BCUT2D eigenvalue weighted by Crippen LogP contribution is -2.46. The molecular formula is C13H24FNO2. The molecule has 0 radical (unpaired) electrons. The molecule has 1 fully saturated rings. The van der Waals surface area contributed by atoms with Gasteiger partial charge in [0.05, 0.1) is 0 Å². The summed E-state index contributed by atoms with van der Waals surface area (Å²) >= 11 is 0. The van der Waals surface area contributed by atoms with E-state index in [9.17, 15) is 9.18 Å². The van der Waals surface area contributed by atoms with Gasteiger partial charge < -0.3 is 10.1 Å². The highest BCUT2D eigenvalue weighted by Gasteiger charge is 2.40. The highest BCUT2D eigenvalue weighted by atomic mass is 19.1. The van der Waals surface area contributed by atoms with Gasteiger partial charge >= 0.3 is 6.09 Å². The molecule has 4 heteroatoms. The summed E-state index contributed by atoms with van der Waals surface area (Å²) < 4.78 is 16.2. The molecule has 100 valence electrons. The highest BCUT2D eigenvalue weighted by Crippen LogP contribution is 2.47. The monoisotopic (exact) mass is 245 g/mol. The van der Waals surface area contributed by atoms with Crippen LogP contribution in [0.2, 0.25) is 0 Å². The van der Waals surface area contributed by atoms with Crippen molar-refractivity contribution in [1.82, 2.24) is 5.32 Å². The lowest BCUT2D eigenvalue weighted by Gasteiger charge is -2.46. The molecule has 0 bridgehead atoms. The predicted molar refractivity (Wildman–Crippen MR) is 65.4 cm³/mol. The molecule has 0 aromatic carbocycles. The van der Waals surface area contributed by atoms with Gasteiger partial charge in [-0.1, -0.05) is 34.1 Å². The first-order valence-electron chi connectivity index (χ1n) is 6.29. The van der Waals surface area contributed by atoms with Crippen molar-refractivity contribution in [2.45, 2.75) is 59.4 Å². The third-order valence-electron chi connectivity index (χ3n) is 3.80. The molecule has 0 heterocycles. The van der Waals surface area contributed by atoms with Crippen molar-refractivity contribution in [2.24, 2.45) is 10.8 Å². The second kappa shape index (κ2) is 5.23. The van der Waals surface area contributed by atoms with E-state index in [1.54, 1.807) is 0 Å². The first-order chi connectivity index (χ1) is 7.80. The number of carbonyl (C=O) groups is 1. The van der Waals surface area contributed by atoms with Gasteiger partial charge in [-0.15, -0.1) is 0 Å². The van der Waals surface area contributed by atoms with Crippen molar-refractivity contribution < 1.29 is 13.9 Å². The summed E-state index contributed by atoms with van der Waals surface area (Å²) in [7, 11) is 0. The molecular weight excluding hydrogens is 221 g/mol. The summed E-state index contributed by atoms with van der Waals surface area (Å²) in [5, 5.41) is 2.76. The summed E-state index contributed by atoms with van der Waals surface area (Å²) in [6, 6.07) is 0.0859. The van der Waals surface area contributed by atoms with Crippen molar-refractivity contribution in [1.29, 1.82) is 0 Å². The number of carbonyl (C=O) groups excluding carboxylic acids is 1. The van der Waals surface area contributed by atoms with Gasteiger partial charge in [0.2, 0.25) is 6.86 Å². The highest BCUT2D eigenvalue weighted by molar-refractivity contribution is 5.67. The zero-order valence-electron chi connectivity index (χ0n) is 11.3. The fourth-order valence-electron chi connectivity index (χ4n) is 3.26. The van der Waals surface area contributed by atoms with Gasteiger partial charge in [-0.2, -0.15) is 0 Å². The van der Waals surface area contributed by atoms with Crippen molar-refractivity contribution in [3.05, 3.63) is 0 Å². The molecule has 0 aliphatic heterocycles. The van der Waals surface area contributed by atoms with Crippen LogP contribution in [0.25, 0.3) is 0 Å². The van der Waals surface area contributed by atoms with E-state index in [2.05, 4.69) is 37.7 Å². The number of rotatable bonds is 3. The van der Waals surface area contributed by atoms with Crippen molar-refractivity contribution in [3.63, 3.8) is 0 Å². The largest absolute Gasteiger partial charge is 0.418 e. The number of halogens is 1. The Morgan fingerprint density at radius 3 is 2.59 bits per heavy atom. The van der Waals surface area contributed by atoms with E-state index < -0.39 is 13.0 Å². The van der Waals surface area contributed by atoms with E-state index in [4.69, 9.17) is 0 Å². The lowest BCUT2D eigenvalue weighted by molar-refractivity contribution is 0.0551. The molecule has 0 aromatic rings. The molecule has 1 aliphatic rings. The second-order valence-electron chi connectivity index (χ2n) is 6.30. The third kappa shape index (κ3) is 4.17. The van der Waals surface area contributed by atoms with Gasteiger partial charge in [0.15, 0.2) is 0 Å². The second-order valence-corrected chi connectivity index (χ2v) is 6.30. The van der Waals surface area contributed by atoms with Gasteiger partial charge in [-0.3, -0.25) is 0 Å². The molecule has 3 nitrogen and oxygen atoms in total. The summed E-state index contributed by atoms with van der Waals surface area (Å²) in [6.45, 7) is 7.80. The Bertz CT molecular complexity index is 281.